The van der Waals surface area contributed by atoms with Gasteiger partial charge in [0.05, 0.1) is 12.7 Å². The molecule has 0 atom stereocenters. The Hall–Kier alpha value is -1.22. The molecule has 0 aliphatic rings. The van der Waals surface area contributed by atoms with E-state index in [1.165, 1.54) is 7.11 Å². The fourth-order valence-corrected chi connectivity index (χ4v) is 1.42. The lowest BCUT2D eigenvalue weighted by atomic mass is 10.0. The van der Waals surface area contributed by atoms with Gasteiger partial charge in [-0.2, -0.15) is 0 Å². The van der Waals surface area contributed by atoms with E-state index >= 15 is 0 Å². The molecular weight excluding hydrogens is 202 g/mol. The van der Waals surface area contributed by atoms with Gasteiger partial charge in [-0.05, 0) is 37.1 Å². The second-order valence-electron chi connectivity index (χ2n) is 3.02. The molecule has 0 aromatic heterocycles. The largest absolute Gasteiger partial charge is 0.465 e. The molecule has 1 aromatic carbocycles. The summed E-state index contributed by atoms with van der Waals surface area (Å²) < 4.78 is 4.66. The summed E-state index contributed by atoms with van der Waals surface area (Å²) in [5.41, 5.74) is 8.60. The number of rotatable bonds is 1. The van der Waals surface area contributed by atoms with Crippen LogP contribution in [0, 0.1) is 13.8 Å². The standard InChI is InChI=1S/C10H13NO2.ClH/c1-6-4-8(11)5-7(2)9(6)10(12)13-3;/h4-5H,11H2,1-3H3;1H. The normalized spacial score (nSPS) is 9.07. The summed E-state index contributed by atoms with van der Waals surface area (Å²) in [7, 11) is 1.37. The van der Waals surface area contributed by atoms with E-state index in [-0.39, 0.29) is 18.4 Å². The van der Waals surface area contributed by atoms with E-state index in [4.69, 9.17) is 5.73 Å². The van der Waals surface area contributed by atoms with E-state index in [9.17, 15) is 4.79 Å². The Kier molecular flexibility index (Phi) is 4.44. The van der Waals surface area contributed by atoms with Crippen LogP contribution in [0.2, 0.25) is 0 Å². The lowest BCUT2D eigenvalue weighted by Crippen LogP contribution is -2.07. The van der Waals surface area contributed by atoms with E-state index in [1.54, 1.807) is 12.1 Å². The average molecular weight is 216 g/mol. The Labute approximate surface area is 89.7 Å². The molecule has 1 aromatic rings. The number of esters is 1. The van der Waals surface area contributed by atoms with Gasteiger partial charge < -0.3 is 10.5 Å². The Morgan fingerprint density at radius 3 is 2.07 bits per heavy atom. The van der Waals surface area contributed by atoms with E-state index in [1.807, 2.05) is 13.8 Å². The van der Waals surface area contributed by atoms with Crippen LogP contribution < -0.4 is 5.73 Å². The number of carbonyl (C=O) groups is 1. The number of hydrogen-bond donors (Lipinski definition) is 1. The van der Waals surface area contributed by atoms with Gasteiger partial charge in [-0.1, -0.05) is 0 Å². The molecule has 0 amide bonds. The predicted octanol–water partition coefficient (Wildman–Crippen LogP) is 2.09. The summed E-state index contributed by atoms with van der Waals surface area (Å²) in [5, 5.41) is 0. The highest BCUT2D eigenvalue weighted by Crippen LogP contribution is 2.18. The third kappa shape index (κ3) is 2.39. The second kappa shape index (κ2) is 4.86. The number of methoxy groups -OCH3 is 1. The van der Waals surface area contributed by atoms with Crippen LogP contribution in [0.4, 0.5) is 5.69 Å². The highest BCUT2D eigenvalue weighted by atomic mass is 35.5. The summed E-state index contributed by atoms with van der Waals surface area (Å²) in [6, 6.07) is 3.53. The van der Waals surface area contributed by atoms with Crippen molar-refractivity contribution in [1.29, 1.82) is 0 Å². The molecular formula is C10H14ClNO2. The Bertz CT molecular complexity index is 327. The first-order chi connectivity index (χ1) is 6.06. The van der Waals surface area contributed by atoms with Crippen molar-refractivity contribution >= 4 is 24.1 Å². The number of aryl methyl sites for hydroxylation is 2. The number of nitrogens with two attached hydrogens (primary N) is 1. The van der Waals surface area contributed by atoms with Gasteiger partial charge >= 0.3 is 5.97 Å². The monoisotopic (exact) mass is 215 g/mol. The van der Waals surface area contributed by atoms with Crippen molar-refractivity contribution in [2.75, 3.05) is 12.8 Å². The average Bonchev–Trinajstić information content (AvgIpc) is 2.02. The van der Waals surface area contributed by atoms with Crippen molar-refractivity contribution in [3.8, 4) is 0 Å². The second-order valence-corrected chi connectivity index (χ2v) is 3.02. The smallest absolute Gasteiger partial charge is 0.338 e. The maximum atomic E-state index is 11.3. The van der Waals surface area contributed by atoms with Crippen molar-refractivity contribution in [3.05, 3.63) is 28.8 Å². The van der Waals surface area contributed by atoms with E-state index < -0.39 is 0 Å². The fraction of sp³-hybridized carbons (Fsp3) is 0.300. The topological polar surface area (TPSA) is 52.3 Å². The molecule has 0 spiro atoms. The molecule has 3 nitrogen and oxygen atoms in total. The first-order valence-corrected chi connectivity index (χ1v) is 4.01. The van der Waals surface area contributed by atoms with Gasteiger partial charge in [0, 0.05) is 5.69 Å². The highest BCUT2D eigenvalue weighted by Gasteiger charge is 2.12. The number of carbonyl (C=O) groups excluding carboxylic acids is 1. The molecule has 0 bridgehead atoms. The zero-order valence-electron chi connectivity index (χ0n) is 8.46. The van der Waals surface area contributed by atoms with Crippen LogP contribution in [-0.4, -0.2) is 13.1 Å². The zero-order chi connectivity index (χ0) is 10.0. The number of halogens is 1. The number of nitrogen functional groups attached to an aromatic ring is 1. The molecule has 0 saturated carbocycles. The van der Waals surface area contributed by atoms with Gasteiger partial charge in [0.15, 0.2) is 0 Å². The summed E-state index contributed by atoms with van der Waals surface area (Å²) in [5.74, 6) is -0.310. The fourth-order valence-electron chi connectivity index (χ4n) is 1.42. The van der Waals surface area contributed by atoms with Crippen LogP contribution in [-0.2, 0) is 4.74 Å². The molecule has 0 radical (unpaired) electrons. The number of hydrogen-bond acceptors (Lipinski definition) is 3. The minimum absolute atomic E-state index is 0. The van der Waals surface area contributed by atoms with Gasteiger partial charge in [-0.15, -0.1) is 12.4 Å². The molecule has 0 aliphatic carbocycles. The molecule has 1 rings (SSSR count). The lowest BCUT2D eigenvalue weighted by Gasteiger charge is -2.08. The van der Waals surface area contributed by atoms with Crippen molar-refractivity contribution in [2.24, 2.45) is 0 Å². The molecule has 14 heavy (non-hydrogen) atoms. The van der Waals surface area contributed by atoms with Gasteiger partial charge in [0.25, 0.3) is 0 Å². The van der Waals surface area contributed by atoms with Gasteiger partial charge in [0.2, 0.25) is 0 Å². The first-order valence-electron chi connectivity index (χ1n) is 4.01. The Morgan fingerprint density at radius 1 is 1.29 bits per heavy atom. The van der Waals surface area contributed by atoms with Gasteiger partial charge in [-0.25, -0.2) is 4.79 Å². The van der Waals surface area contributed by atoms with E-state index in [2.05, 4.69) is 4.74 Å². The van der Waals surface area contributed by atoms with E-state index in [0.29, 0.717) is 11.3 Å². The SMILES string of the molecule is COC(=O)c1c(C)cc(N)cc1C.Cl. The van der Waals surface area contributed by atoms with Crippen LogP contribution in [0.3, 0.4) is 0 Å². The Morgan fingerprint density at radius 2 is 1.71 bits per heavy atom. The summed E-state index contributed by atoms with van der Waals surface area (Å²) in [4.78, 5) is 11.3. The van der Waals surface area contributed by atoms with Crippen molar-refractivity contribution in [1.82, 2.24) is 0 Å². The number of benzene rings is 1. The minimum Gasteiger partial charge on any atom is -0.465 e. The quantitative estimate of drug-likeness (QED) is 0.577. The molecule has 4 heteroatoms. The molecule has 78 valence electrons. The zero-order valence-corrected chi connectivity index (χ0v) is 9.27. The van der Waals surface area contributed by atoms with Crippen molar-refractivity contribution in [2.45, 2.75) is 13.8 Å². The number of ether oxygens (including phenoxy) is 1. The highest BCUT2D eigenvalue weighted by molar-refractivity contribution is 5.93. The van der Waals surface area contributed by atoms with Gasteiger partial charge in [0.1, 0.15) is 0 Å². The van der Waals surface area contributed by atoms with Crippen LogP contribution in [0.25, 0.3) is 0 Å². The third-order valence-corrected chi connectivity index (χ3v) is 1.94. The summed E-state index contributed by atoms with van der Waals surface area (Å²) in [6.45, 7) is 3.69. The molecule has 2 N–H and O–H groups in total. The molecule has 0 fully saturated rings. The molecule has 0 aliphatic heterocycles. The predicted molar refractivity (Wildman–Crippen MR) is 58.9 cm³/mol. The van der Waals surface area contributed by atoms with Crippen LogP contribution in [0.1, 0.15) is 21.5 Å². The minimum atomic E-state index is -0.310. The number of anilines is 1. The van der Waals surface area contributed by atoms with Crippen LogP contribution in [0.5, 0.6) is 0 Å². The van der Waals surface area contributed by atoms with Gasteiger partial charge in [-0.3, -0.25) is 0 Å². The maximum absolute atomic E-state index is 11.3. The Balaban J connectivity index is 0.00000169. The third-order valence-electron chi connectivity index (χ3n) is 1.94. The molecule has 0 unspecified atom stereocenters. The van der Waals surface area contributed by atoms with Crippen molar-refractivity contribution in [3.63, 3.8) is 0 Å². The van der Waals surface area contributed by atoms with Crippen LogP contribution >= 0.6 is 12.4 Å². The summed E-state index contributed by atoms with van der Waals surface area (Å²) in [6.07, 6.45) is 0. The van der Waals surface area contributed by atoms with Crippen molar-refractivity contribution < 1.29 is 9.53 Å². The molecule has 0 saturated heterocycles. The van der Waals surface area contributed by atoms with Crippen LogP contribution in [0.15, 0.2) is 12.1 Å². The van der Waals surface area contributed by atoms with E-state index in [0.717, 1.165) is 11.1 Å². The summed E-state index contributed by atoms with van der Waals surface area (Å²) >= 11 is 0. The lowest BCUT2D eigenvalue weighted by molar-refractivity contribution is 0.0599. The maximum Gasteiger partial charge on any atom is 0.338 e. The molecule has 0 heterocycles. The first kappa shape index (κ1) is 12.8.